The molecule has 21 heavy (non-hydrogen) atoms. The van der Waals surface area contributed by atoms with Gasteiger partial charge >= 0.3 is 0 Å². The number of hydrogen-bond donors (Lipinski definition) is 2. The van der Waals surface area contributed by atoms with Gasteiger partial charge in [-0.15, -0.1) is 0 Å². The molecule has 0 radical (unpaired) electrons. The number of amides is 1. The average Bonchev–Trinajstić information content (AvgIpc) is 2.54. The van der Waals surface area contributed by atoms with E-state index in [1.165, 1.54) is 0 Å². The van der Waals surface area contributed by atoms with E-state index in [1.54, 1.807) is 0 Å². The maximum atomic E-state index is 12.1. The van der Waals surface area contributed by atoms with Crippen LogP contribution in [0.2, 0.25) is 0 Å². The summed E-state index contributed by atoms with van der Waals surface area (Å²) in [7, 11) is 0. The van der Waals surface area contributed by atoms with Gasteiger partial charge in [0.15, 0.2) is 0 Å². The number of nitrogens with zero attached hydrogens (tertiary/aromatic N) is 1. The van der Waals surface area contributed by atoms with Crippen LogP contribution >= 0.6 is 0 Å². The highest BCUT2D eigenvalue weighted by Gasteiger charge is 2.21. The Labute approximate surface area is 128 Å². The van der Waals surface area contributed by atoms with E-state index in [4.69, 9.17) is 5.73 Å². The summed E-state index contributed by atoms with van der Waals surface area (Å²) in [4.78, 5) is 14.5. The smallest absolute Gasteiger partial charge is 0.224 e. The predicted molar refractivity (Wildman–Crippen MR) is 87.9 cm³/mol. The Kier molecular flexibility index (Phi) is 8.01. The van der Waals surface area contributed by atoms with Gasteiger partial charge in [-0.3, -0.25) is 4.79 Å². The van der Waals surface area contributed by atoms with Crippen LogP contribution in [0.1, 0.15) is 38.8 Å². The molecule has 3 N–H and O–H groups in total. The Morgan fingerprint density at radius 2 is 1.86 bits per heavy atom. The van der Waals surface area contributed by atoms with Crippen LogP contribution in [-0.2, 0) is 4.79 Å². The molecule has 0 fully saturated rings. The number of hydrogen-bond acceptors (Lipinski definition) is 3. The third-order valence-electron chi connectivity index (χ3n) is 3.98. The van der Waals surface area contributed by atoms with Gasteiger partial charge in [0.1, 0.15) is 0 Å². The highest BCUT2D eigenvalue weighted by atomic mass is 16.1. The van der Waals surface area contributed by atoms with Gasteiger partial charge in [0.25, 0.3) is 0 Å². The normalized spacial score (nSPS) is 14.0. The van der Waals surface area contributed by atoms with E-state index in [0.717, 1.165) is 31.6 Å². The molecule has 118 valence electrons. The van der Waals surface area contributed by atoms with E-state index in [2.05, 4.69) is 24.1 Å². The second-order valence-corrected chi connectivity index (χ2v) is 5.40. The van der Waals surface area contributed by atoms with Crippen molar-refractivity contribution in [1.82, 2.24) is 10.2 Å². The van der Waals surface area contributed by atoms with Gasteiger partial charge in [0, 0.05) is 12.6 Å². The first-order chi connectivity index (χ1) is 10.1. The molecule has 1 aromatic carbocycles. The molecule has 1 aromatic rings. The Morgan fingerprint density at radius 3 is 2.43 bits per heavy atom. The lowest BCUT2D eigenvalue weighted by atomic mass is 9.95. The summed E-state index contributed by atoms with van der Waals surface area (Å²) in [6.45, 7) is 10.0. The lowest BCUT2D eigenvalue weighted by molar-refractivity contribution is -0.125. The van der Waals surface area contributed by atoms with Crippen LogP contribution in [0.25, 0.3) is 0 Å². The topological polar surface area (TPSA) is 58.4 Å². The van der Waals surface area contributed by atoms with E-state index in [-0.39, 0.29) is 17.9 Å². The Morgan fingerprint density at radius 1 is 1.24 bits per heavy atom. The van der Waals surface area contributed by atoms with Crippen molar-refractivity contribution >= 4 is 5.91 Å². The fourth-order valence-electron chi connectivity index (χ4n) is 2.34. The molecule has 0 aliphatic heterocycles. The zero-order chi connectivity index (χ0) is 15.7. The van der Waals surface area contributed by atoms with Crippen molar-refractivity contribution in [2.75, 3.05) is 26.2 Å². The molecule has 1 amide bonds. The molecule has 2 unspecified atom stereocenters. The van der Waals surface area contributed by atoms with Crippen molar-refractivity contribution in [2.45, 2.75) is 33.2 Å². The van der Waals surface area contributed by atoms with Crippen molar-refractivity contribution in [1.29, 1.82) is 0 Å². The quantitative estimate of drug-likeness (QED) is 0.686. The number of carbonyl (C=O) groups is 1. The first kappa shape index (κ1) is 17.7. The summed E-state index contributed by atoms with van der Waals surface area (Å²) in [6.07, 6.45) is 0.973. The fourth-order valence-corrected chi connectivity index (χ4v) is 2.34. The molecule has 2 atom stereocenters. The van der Waals surface area contributed by atoms with Crippen molar-refractivity contribution in [3.05, 3.63) is 35.9 Å². The molecule has 4 heteroatoms. The van der Waals surface area contributed by atoms with Crippen LogP contribution in [0.15, 0.2) is 30.3 Å². The zero-order valence-electron chi connectivity index (χ0n) is 13.5. The first-order valence-corrected chi connectivity index (χ1v) is 7.90. The molecule has 0 aliphatic carbocycles. The summed E-state index contributed by atoms with van der Waals surface area (Å²) in [5, 5.41) is 2.99. The monoisotopic (exact) mass is 291 g/mol. The third-order valence-corrected chi connectivity index (χ3v) is 3.98. The Hall–Kier alpha value is -1.39. The second-order valence-electron chi connectivity index (χ2n) is 5.40. The predicted octanol–water partition coefficient (Wildman–Crippen LogP) is 2.17. The van der Waals surface area contributed by atoms with Crippen molar-refractivity contribution in [2.24, 2.45) is 11.7 Å². The van der Waals surface area contributed by atoms with Gasteiger partial charge in [-0.1, -0.05) is 51.1 Å². The zero-order valence-corrected chi connectivity index (χ0v) is 13.5. The summed E-state index contributed by atoms with van der Waals surface area (Å²) in [5.74, 6) is -0.188. The molecule has 0 spiro atoms. The largest absolute Gasteiger partial charge is 0.356 e. The van der Waals surface area contributed by atoms with E-state index in [0.29, 0.717) is 6.54 Å². The van der Waals surface area contributed by atoms with Gasteiger partial charge in [-0.25, -0.2) is 0 Å². The molecule has 0 bridgehead atoms. The molecule has 0 saturated heterocycles. The molecule has 0 heterocycles. The lowest BCUT2D eigenvalue weighted by Crippen LogP contribution is -2.37. The van der Waals surface area contributed by atoms with E-state index >= 15 is 0 Å². The number of rotatable bonds is 9. The third kappa shape index (κ3) is 5.86. The van der Waals surface area contributed by atoms with Crippen LogP contribution in [0, 0.1) is 5.92 Å². The molecule has 4 nitrogen and oxygen atoms in total. The van der Waals surface area contributed by atoms with Gasteiger partial charge in [-0.05, 0) is 31.6 Å². The fraction of sp³-hybridized carbons (Fsp3) is 0.588. The number of nitrogens with one attached hydrogen (secondary N) is 1. The van der Waals surface area contributed by atoms with E-state index in [1.807, 2.05) is 37.3 Å². The van der Waals surface area contributed by atoms with Crippen molar-refractivity contribution in [3.63, 3.8) is 0 Å². The van der Waals surface area contributed by atoms with Crippen LogP contribution in [0.5, 0.6) is 0 Å². The van der Waals surface area contributed by atoms with Crippen molar-refractivity contribution < 1.29 is 4.79 Å². The second kappa shape index (κ2) is 9.53. The molecule has 0 saturated carbocycles. The maximum absolute atomic E-state index is 12.1. The summed E-state index contributed by atoms with van der Waals surface area (Å²) in [6, 6.07) is 9.53. The summed E-state index contributed by atoms with van der Waals surface area (Å²) < 4.78 is 0. The van der Waals surface area contributed by atoms with Gasteiger partial charge in [0.2, 0.25) is 5.91 Å². The highest BCUT2D eigenvalue weighted by molar-refractivity contribution is 5.79. The van der Waals surface area contributed by atoms with Crippen LogP contribution < -0.4 is 11.1 Å². The van der Waals surface area contributed by atoms with Gasteiger partial charge in [-0.2, -0.15) is 0 Å². The highest BCUT2D eigenvalue weighted by Crippen LogP contribution is 2.18. The van der Waals surface area contributed by atoms with Crippen LogP contribution in [0.3, 0.4) is 0 Å². The van der Waals surface area contributed by atoms with Crippen LogP contribution in [-0.4, -0.2) is 37.0 Å². The number of nitrogens with two attached hydrogens (primary N) is 1. The molecule has 1 rings (SSSR count). The molecule has 0 aromatic heterocycles. The molecule has 0 aliphatic rings. The maximum Gasteiger partial charge on any atom is 0.224 e. The minimum Gasteiger partial charge on any atom is -0.356 e. The Bertz CT molecular complexity index is 404. The van der Waals surface area contributed by atoms with Crippen molar-refractivity contribution in [3.8, 4) is 0 Å². The van der Waals surface area contributed by atoms with Gasteiger partial charge in [0.05, 0.1) is 5.92 Å². The summed E-state index contributed by atoms with van der Waals surface area (Å²) >= 11 is 0. The standard InChI is InChI=1S/C17H29N3O/c1-4-20(5-2)13-9-12-19-17(21)14(3)16(18)15-10-7-6-8-11-15/h6-8,10-11,14,16H,4-5,9,12-13,18H2,1-3H3,(H,19,21). The number of carbonyl (C=O) groups excluding carboxylic acids is 1. The van der Waals surface area contributed by atoms with E-state index in [9.17, 15) is 4.79 Å². The SMILES string of the molecule is CCN(CC)CCCNC(=O)C(C)C(N)c1ccccc1. The minimum atomic E-state index is -0.256. The summed E-state index contributed by atoms with van der Waals surface area (Å²) in [5.41, 5.74) is 7.17. The lowest BCUT2D eigenvalue weighted by Gasteiger charge is -2.21. The van der Waals surface area contributed by atoms with Gasteiger partial charge < -0.3 is 16.0 Å². The minimum absolute atomic E-state index is 0.0332. The van der Waals surface area contributed by atoms with E-state index < -0.39 is 0 Å². The Balaban J connectivity index is 2.34. The first-order valence-electron chi connectivity index (χ1n) is 7.90. The van der Waals surface area contributed by atoms with Crippen LogP contribution in [0.4, 0.5) is 0 Å². The molecular weight excluding hydrogens is 262 g/mol. The number of benzene rings is 1. The molecular formula is C17H29N3O. The average molecular weight is 291 g/mol.